The van der Waals surface area contributed by atoms with E-state index in [1.807, 2.05) is 41.5 Å². The molecule has 1 N–H and O–H groups in total. The zero-order valence-corrected chi connectivity index (χ0v) is 13.5. The Kier molecular flexibility index (Phi) is 5.47. The van der Waals surface area contributed by atoms with Crippen molar-refractivity contribution < 1.29 is 24.1 Å². The molecule has 21 heavy (non-hydrogen) atoms. The van der Waals surface area contributed by atoms with E-state index in [0.29, 0.717) is 23.9 Å². The normalized spacial score (nSPS) is 11.4. The summed E-state index contributed by atoms with van der Waals surface area (Å²) in [6.07, 6.45) is -0.101. The van der Waals surface area contributed by atoms with Crippen LogP contribution in [0.4, 0.5) is 0 Å². The third-order valence-electron chi connectivity index (χ3n) is 2.34. The minimum Gasteiger partial charge on any atom is -0.487 e. The highest BCUT2D eigenvalue weighted by Gasteiger charge is 2.22. The van der Waals surface area contributed by atoms with Gasteiger partial charge in [0.2, 0.25) is 5.75 Å². The summed E-state index contributed by atoms with van der Waals surface area (Å²) in [6, 6.07) is 2.93. The predicted molar refractivity (Wildman–Crippen MR) is 80.7 cm³/mol. The fraction of sp³-hybridized carbons (Fsp3) is 0.562. The van der Waals surface area contributed by atoms with Crippen LogP contribution in [0.3, 0.4) is 0 Å². The van der Waals surface area contributed by atoms with Crippen LogP contribution in [-0.2, 0) is 0 Å². The Hall–Kier alpha value is -1.91. The van der Waals surface area contributed by atoms with Crippen LogP contribution in [-0.4, -0.2) is 29.4 Å². The first-order valence-electron chi connectivity index (χ1n) is 7.04. The van der Waals surface area contributed by atoms with Gasteiger partial charge in [0.1, 0.15) is 5.60 Å². The molecule has 1 rings (SSSR count). The summed E-state index contributed by atoms with van der Waals surface area (Å²) >= 11 is 0. The van der Waals surface area contributed by atoms with E-state index in [-0.39, 0.29) is 11.7 Å². The van der Waals surface area contributed by atoms with Gasteiger partial charge in [-0.25, -0.2) is 4.79 Å². The summed E-state index contributed by atoms with van der Waals surface area (Å²) in [5, 5.41) is 9.24. The molecule has 0 fully saturated rings. The molecule has 0 aliphatic heterocycles. The number of carbonyl (C=O) groups is 1. The van der Waals surface area contributed by atoms with Gasteiger partial charge in [-0.15, -0.1) is 0 Å². The second-order valence-electron chi connectivity index (χ2n) is 5.92. The molecule has 0 radical (unpaired) electrons. The average Bonchev–Trinajstić information content (AvgIpc) is 2.30. The lowest BCUT2D eigenvalue weighted by Gasteiger charge is -2.25. The second-order valence-corrected chi connectivity index (χ2v) is 5.92. The van der Waals surface area contributed by atoms with E-state index in [0.717, 1.165) is 0 Å². The fourth-order valence-electron chi connectivity index (χ4n) is 1.73. The zero-order valence-electron chi connectivity index (χ0n) is 13.5. The maximum absolute atomic E-state index is 11.3. The van der Waals surface area contributed by atoms with Crippen LogP contribution in [0.15, 0.2) is 12.1 Å². The molecule has 0 aliphatic carbocycles. The lowest BCUT2D eigenvalue weighted by Crippen LogP contribution is -2.24. The molecule has 0 spiro atoms. The van der Waals surface area contributed by atoms with Crippen LogP contribution in [0, 0.1) is 0 Å². The maximum Gasteiger partial charge on any atom is 0.335 e. The van der Waals surface area contributed by atoms with E-state index >= 15 is 0 Å². The van der Waals surface area contributed by atoms with Crippen molar-refractivity contribution in [3.8, 4) is 17.2 Å². The number of hydrogen-bond acceptors (Lipinski definition) is 4. The van der Waals surface area contributed by atoms with Gasteiger partial charge in [-0.1, -0.05) is 0 Å². The number of ether oxygens (including phenoxy) is 3. The first kappa shape index (κ1) is 17.1. The van der Waals surface area contributed by atoms with Crippen molar-refractivity contribution in [3.63, 3.8) is 0 Å². The molecule has 0 saturated heterocycles. The Labute approximate surface area is 125 Å². The van der Waals surface area contributed by atoms with Gasteiger partial charge in [-0.2, -0.15) is 0 Å². The molecule has 0 unspecified atom stereocenters. The molecule has 1 aromatic carbocycles. The molecule has 1 aromatic rings. The third kappa shape index (κ3) is 5.17. The Morgan fingerprint density at radius 2 is 1.81 bits per heavy atom. The monoisotopic (exact) mass is 296 g/mol. The van der Waals surface area contributed by atoms with E-state index in [4.69, 9.17) is 14.2 Å². The summed E-state index contributed by atoms with van der Waals surface area (Å²) in [7, 11) is 0. The van der Waals surface area contributed by atoms with Crippen LogP contribution in [0.2, 0.25) is 0 Å². The maximum atomic E-state index is 11.3. The van der Waals surface area contributed by atoms with Crippen LogP contribution >= 0.6 is 0 Å². The quantitative estimate of drug-likeness (QED) is 0.866. The van der Waals surface area contributed by atoms with E-state index in [1.165, 1.54) is 12.1 Å². The molecular weight excluding hydrogens is 272 g/mol. The number of aromatic carboxylic acids is 1. The Morgan fingerprint density at radius 3 is 2.24 bits per heavy atom. The number of rotatable bonds is 6. The first-order valence-corrected chi connectivity index (χ1v) is 7.04. The molecule has 5 nitrogen and oxygen atoms in total. The van der Waals surface area contributed by atoms with Crippen molar-refractivity contribution in [2.75, 3.05) is 6.61 Å². The van der Waals surface area contributed by atoms with Crippen molar-refractivity contribution in [2.45, 2.75) is 53.2 Å². The van der Waals surface area contributed by atoms with Crippen LogP contribution < -0.4 is 14.2 Å². The molecule has 0 aromatic heterocycles. The Bertz CT molecular complexity index is 500. The van der Waals surface area contributed by atoms with Gasteiger partial charge in [0.25, 0.3) is 0 Å². The molecule has 0 bridgehead atoms. The van der Waals surface area contributed by atoms with E-state index in [1.54, 1.807) is 0 Å². The largest absolute Gasteiger partial charge is 0.487 e. The van der Waals surface area contributed by atoms with Gasteiger partial charge in [0.05, 0.1) is 18.3 Å². The minimum atomic E-state index is -1.04. The highest BCUT2D eigenvalue weighted by molar-refractivity contribution is 5.89. The van der Waals surface area contributed by atoms with Crippen molar-refractivity contribution >= 4 is 5.97 Å². The van der Waals surface area contributed by atoms with Crippen molar-refractivity contribution in [1.29, 1.82) is 0 Å². The van der Waals surface area contributed by atoms with Crippen LogP contribution in [0.25, 0.3) is 0 Å². The zero-order chi connectivity index (χ0) is 16.2. The topological polar surface area (TPSA) is 65.0 Å². The molecule has 0 heterocycles. The van der Waals surface area contributed by atoms with Crippen LogP contribution in [0.5, 0.6) is 17.2 Å². The summed E-state index contributed by atoms with van der Waals surface area (Å²) < 4.78 is 17.1. The van der Waals surface area contributed by atoms with Gasteiger partial charge in [0, 0.05) is 0 Å². The summed E-state index contributed by atoms with van der Waals surface area (Å²) in [5.41, 5.74) is -0.369. The van der Waals surface area contributed by atoms with Gasteiger partial charge >= 0.3 is 5.97 Å². The Balaban J connectivity index is 3.41. The minimum absolute atomic E-state index is 0.101. The highest BCUT2D eigenvalue weighted by Crippen LogP contribution is 2.41. The summed E-state index contributed by atoms with van der Waals surface area (Å²) in [6.45, 7) is 11.7. The summed E-state index contributed by atoms with van der Waals surface area (Å²) in [4.78, 5) is 11.3. The van der Waals surface area contributed by atoms with Gasteiger partial charge in [-0.05, 0) is 53.7 Å². The van der Waals surface area contributed by atoms with Gasteiger partial charge in [0.15, 0.2) is 11.5 Å². The SMILES string of the molecule is CCOc1c(OC(C)C)cc(C(=O)O)cc1OC(C)(C)C. The van der Waals surface area contributed by atoms with E-state index < -0.39 is 11.6 Å². The number of benzene rings is 1. The lowest BCUT2D eigenvalue weighted by molar-refractivity contribution is 0.0692. The third-order valence-corrected chi connectivity index (χ3v) is 2.34. The van der Waals surface area contributed by atoms with Crippen molar-refractivity contribution in [2.24, 2.45) is 0 Å². The standard InChI is InChI=1S/C16H24O5/c1-7-19-14-12(20-10(2)3)8-11(15(17)18)9-13(14)21-16(4,5)6/h8-10H,7H2,1-6H3,(H,17,18). The molecule has 0 saturated carbocycles. The smallest absolute Gasteiger partial charge is 0.335 e. The van der Waals surface area contributed by atoms with Gasteiger partial charge < -0.3 is 19.3 Å². The number of hydrogen-bond donors (Lipinski definition) is 1. The number of carboxylic acids is 1. The van der Waals surface area contributed by atoms with E-state index in [9.17, 15) is 9.90 Å². The second kappa shape index (κ2) is 6.70. The molecule has 0 atom stereocenters. The first-order chi connectivity index (χ1) is 9.64. The van der Waals surface area contributed by atoms with Gasteiger partial charge in [-0.3, -0.25) is 0 Å². The average molecular weight is 296 g/mol. The fourth-order valence-corrected chi connectivity index (χ4v) is 1.73. The molecule has 5 heteroatoms. The van der Waals surface area contributed by atoms with Crippen molar-refractivity contribution in [3.05, 3.63) is 17.7 Å². The van der Waals surface area contributed by atoms with Crippen LogP contribution in [0.1, 0.15) is 51.9 Å². The molecule has 0 aliphatic rings. The molecule has 118 valence electrons. The predicted octanol–water partition coefficient (Wildman–Crippen LogP) is 3.75. The van der Waals surface area contributed by atoms with E-state index in [2.05, 4.69) is 0 Å². The number of carboxylic acid groups (broad SMARTS) is 1. The Morgan fingerprint density at radius 1 is 1.24 bits per heavy atom. The molecule has 0 amide bonds. The van der Waals surface area contributed by atoms with Crippen molar-refractivity contribution in [1.82, 2.24) is 0 Å². The lowest BCUT2D eigenvalue weighted by atomic mass is 10.1. The summed E-state index contributed by atoms with van der Waals surface area (Å²) in [5.74, 6) is 0.155. The molecular formula is C16H24O5. The highest BCUT2D eigenvalue weighted by atomic mass is 16.6.